The lowest BCUT2D eigenvalue weighted by Crippen LogP contribution is -2.32. The van der Waals surface area contributed by atoms with Gasteiger partial charge in [0.1, 0.15) is 0 Å². The molecule has 0 saturated carbocycles. The maximum Gasteiger partial charge on any atom is 0.0670 e. The number of likely N-dealkylation sites (N-methyl/N-ethyl adjacent to an activating group) is 1. The second-order valence-corrected chi connectivity index (χ2v) is 4.91. The molecular weight excluding hydrogens is 236 g/mol. The smallest absolute Gasteiger partial charge is 0.0670 e. The quantitative estimate of drug-likeness (QED) is 0.739. The van der Waals surface area contributed by atoms with Crippen LogP contribution in [0.5, 0.6) is 0 Å². The van der Waals surface area contributed by atoms with Crippen molar-refractivity contribution in [3.63, 3.8) is 0 Å². The van der Waals surface area contributed by atoms with Crippen LogP contribution in [0.1, 0.15) is 25.8 Å². The lowest BCUT2D eigenvalue weighted by molar-refractivity contribution is 0.261. The van der Waals surface area contributed by atoms with E-state index in [4.69, 9.17) is 11.0 Å². The minimum atomic E-state index is 0.355. The molecule has 1 rings (SSSR count). The summed E-state index contributed by atoms with van der Waals surface area (Å²) in [6.45, 7) is 6.31. The molecule has 4 nitrogen and oxygen atoms in total. The molecule has 0 spiro atoms. The van der Waals surface area contributed by atoms with Crippen molar-refractivity contribution in [1.82, 2.24) is 4.90 Å². The van der Waals surface area contributed by atoms with Crippen molar-refractivity contribution >= 4 is 11.4 Å². The molecular formula is C15H24N4. The Balaban J connectivity index is 2.50. The van der Waals surface area contributed by atoms with Crippen molar-refractivity contribution in [2.75, 3.05) is 31.2 Å². The Morgan fingerprint density at radius 1 is 1.47 bits per heavy atom. The summed E-state index contributed by atoms with van der Waals surface area (Å²) in [6, 6.07) is 8.50. The highest BCUT2D eigenvalue weighted by molar-refractivity contribution is 5.58. The van der Waals surface area contributed by atoms with Gasteiger partial charge in [0.25, 0.3) is 0 Å². The molecule has 0 aliphatic heterocycles. The van der Waals surface area contributed by atoms with Crippen molar-refractivity contribution in [1.29, 1.82) is 5.26 Å². The molecule has 0 radical (unpaired) electrons. The molecule has 1 aromatic rings. The third-order valence-electron chi connectivity index (χ3n) is 3.55. The minimum absolute atomic E-state index is 0.355. The maximum atomic E-state index is 8.74. The molecule has 0 amide bonds. The van der Waals surface area contributed by atoms with Gasteiger partial charge in [0.15, 0.2) is 0 Å². The standard InChI is InChI=1S/C15H24N4/c1-4-12(2)19(3)10-9-18-14-5-6-15(17)13(11-14)7-8-16/h5-6,11-12,18H,4,7,9-10,17H2,1-3H3. The third-order valence-corrected chi connectivity index (χ3v) is 3.55. The van der Waals surface area contributed by atoms with Crippen molar-refractivity contribution in [2.24, 2.45) is 0 Å². The number of nitrogens with two attached hydrogens (primary N) is 1. The summed E-state index contributed by atoms with van der Waals surface area (Å²) in [5.41, 5.74) is 8.42. The predicted octanol–water partition coefficient (Wildman–Crippen LogP) is 2.48. The molecule has 1 unspecified atom stereocenters. The minimum Gasteiger partial charge on any atom is -0.398 e. The van der Waals surface area contributed by atoms with Gasteiger partial charge >= 0.3 is 0 Å². The summed E-state index contributed by atoms with van der Waals surface area (Å²) in [6.07, 6.45) is 1.51. The van der Waals surface area contributed by atoms with Gasteiger partial charge in [-0.3, -0.25) is 0 Å². The predicted molar refractivity (Wildman–Crippen MR) is 81.0 cm³/mol. The van der Waals surface area contributed by atoms with Crippen LogP contribution < -0.4 is 11.1 Å². The average molecular weight is 260 g/mol. The molecule has 0 bridgehead atoms. The van der Waals surface area contributed by atoms with Crippen LogP contribution in [-0.4, -0.2) is 31.1 Å². The van der Waals surface area contributed by atoms with Crippen LogP contribution in [0.3, 0.4) is 0 Å². The van der Waals surface area contributed by atoms with E-state index in [1.807, 2.05) is 18.2 Å². The number of nitrogens with one attached hydrogen (secondary N) is 1. The number of benzene rings is 1. The van der Waals surface area contributed by atoms with Crippen LogP contribution in [0.2, 0.25) is 0 Å². The molecule has 1 atom stereocenters. The second kappa shape index (κ2) is 7.65. The fourth-order valence-corrected chi connectivity index (χ4v) is 1.86. The van der Waals surface area contributed by atoms with Crippen LogP contribution >= 0.6 is 0 Å². The summed E-state index contributed by atoms with van der Waals surface area (Å²) < 4.78 is 0. The normalized spacial score (nSPS) is 12.2. The summed E-state index contributed by atoms with van der Waals surface area (Å²) in [4.78, 5) is 2.33. The Labute approximate surface area is 116 Å². The molecule has 0 aliphatic rings. The first-order chi connectivity index (χ1) is 9.08. The SMILES string of the molecule is CCC(C)N(C)CCNc1ccc(N)c(CC#N)c1. The van der Waals surface area contributed by atoms with Gasteiger partial charge in [0, 0.05) is 30.5 Å². The summed E-state index contributed by atoms with van der Waals surface area (Å²) in [5.74, 6) is 0. The number of nitrogen functional groups attached to an aromatic ring is 1. The Kier molecular flexibility index (Phi) is 6.17. The Morgan fingerprint density at radius 3 is 2.84 bits per heavy atom. The van der Waals surface area contributed by atoms with Crippen LogP contribution in [-0.2, 0) is 6.42 Å². The molecule has 0 saturated heterocycles. The topological polar surface area (TPSA) is 65.1 Å². The Bertz CT molecular complexity index is 436. The van der Waals surface area contributed by atoms with Crippen molar-refractivity contribution in [3.05, 3.63) is 23.8 Å². The summed E-state index contributed by atoms with van der Waals surface area (Å²) in [5, 5.41) is 12.1. The van der Waals surface area contributed by atoms with Gasteiger partial charge in [-0.2, -0.15) is 5.26 Å². The number of rotatable bonds is 7. The maximum absolute atomic E-state index is 8.74. The molecule has 0 heterocycles. The zero-order valence-corrected chi connectivity index (χ0v) is 12.1. The van der Waals surface area contributed by atoms with E-state index >= 15 is 0 Å². The van der Waals surface area contributed by atoms with E-state index in [9.17, 15) is 0 Å². The molecule has 0 aliphatic carbocycles. The summed E-state index contributed by atoms with van der Waals surface area (Å²) >= 11 is 0. The molecule has 0 fully saturated rings. The monoisotopic (exact) mass is 260 g/mol. The lowest BCUT2D eigenvalue weighted by atomic mass is 10.1. The van der Waals surface area contributed by atoms with Crippen molar-refractivity contribution in [2.45, 2.75) is 32.7 Å². The molecule has 1 aromatic carbocycles. The van der Waals surface area contributed by atoms with Crippen LogP contribution in [0.15, 0.2) is 18.2 Å². The number of anilines is 2. The number of hydrogen-bond acceptors (Lipinski definition) is 4. The highest BCUT2D eigenvalue weighted by Gasteiger charge is 2.06. The molecule has 0 aromatic heterocycles. The Morgan fingerprint density at radius 2 is 2.21 bits per heavy atom. The lowest BCUT2D eigenvalue weighted by Gasteiger charge is -2.23. The van der Waals surface area contributed by atoms with E-state index in [0.717, 1.165) is 30.8 Å². The number of nitrogens with zero attached hydrogens (tertiary/aromatic N) is 2. The number of hydrogen-bond donors (Lipinski definition) is 2. The van der Waals surface area contributed by atoms with Gasteiger partial charge in [-0.25, -0.2) is 0 Å². The fraction of sp³-hybridized carbons (Fsp3) is 0.533. The molecule has 3 N–H and O–H groups in total. The van der Waals surface area contributed by atoms with E-state index in [2.05, 4.69) is 37.2 Å². The van der Waals surface area contributed by atoms with Gasteiger partial charge in [0.2, 0.25) is 0 Å². The van der Waals surface area contributed by atoms with Gasteiger partial charge in [-0.1, -0.05) is 6.92 Å². The van der Waals surface area contributed by atoms with Gasteiger partial charge in [0.05, 0.1) is 12.5 Å². The van der Waals surface area contributed by atoms with E-state index in [1.54, 1.807) is 0 Å². The van der Waals surface area contributed by atoms with Crippen LogP contribution in [0.4, 0.5) is 11.4 Å². The highest BCUT2D eigenvalue weighted by atomic mass is 15.1. The van der Waals surface area contributed by atoms with Gasteiger partial charge in [-0.05, 0) is 44.2 Å². The first-order valence-electron chi connectivity index (χ1n) is 6.78. The van der Waals surface area contributed by atoms with E-state index < -0.39 is 0 Å². The van der Waals surface area contributed by atoms with E-state index in [-0.39, 0.29) is 0 Å². The average Bonchev–Trinajstić information content (AvgIpc) is 2.41. The number of nitriles is 1. The first-order valence-corrected chi connectivity index (χ1v) is 6.78. The zero-order valence-electron chi connectivity index (χ0n) is 12.1. The second-order valence-electron chi connectivity index (χ2n) is 4.91. The largest absolute Gasteiger partial charge is 0.398 e. The zero-order chi connectivity index (χ0) is 14.3. The van der Waals surface area contributed by atoms with E-state index in [1.165, 1.54) is 0 Å². The van der Waals surface area contributed by atoms with Gasteiger partial charge in [-0.15, -0.1) is 0 Å². The summed E-state index contributed by atoms with van der Waals surface area (Å²) in [7, 11) is 2.14. The van der Waals surface area contributed by atoms with E-state index in [0.29, 0.717) is 18.2 Å². The highest BCUT2D eigenvalue weighted by Crippen LogP contribution is 2.18. The van der Waals surface area contributed by atoms with Crippen LogP contribution in [0, 0.1) is 11.3 Å². The fourth-order valence-electron chi connectivity index (χ4n) is 1.86. The van der Waals surface area contributed by atoms with Crippen molar-refractivity contribution < 1.29 is 0 Å². The first kappa shape index (κ1) is 15.3. The van der Waals surface area contributed by atoms with Crippen molar-refractivity contribution in [3.8, 4) is 6.07 Å². The van der Waals surface area contributed by atoms with Crippen LogP contribution in [0.25, 0.3) is 0 Å². The molecule has 4 heteroatoms. The molecule has 104 valence electrons. The Hall–Kier alpha value is -1.73. The van der Waals surface area contributed by atoms with Gasteiger partial charge < -0.3 is 16.0 Å². The third kappa shape index (κ3) is 4.80. The molecule has 19 heavy (non-hydrogen) atoms.